The maximum absolute atomic E-state index is 11.5. The number of hydrogen-bond acceptors (Lipinski definition) is 10. The SMILES string of the molecule is C=C(C)C(=O)O.C=C(C)C(=O)OCCNC(=O)OCCCCCCOC(=O)OCCCCCCOC(=O)NCCC. The van der Waals surface area contributed by atoms with Crippen molar-refractivity contribution >= 4 is 30.3 Å². The second kappa shape index (κ2) is 27.8. The molecule has 0 aliphatic rings. The van der Waals surface area contributed by atoms with E-state index in [4.69, 9.17) is 28.8 Å². The fourth-order valence-electron chi connectivity index (χ4n) is 2.55. The number of amides is 2. The molecule has 0 aliphatic heterocycles. The molecular weight excluding hydrogens is 540 g/mol. The van der Waals surface area contributed by atoms with E-state index in [1.165, 1.54) is 6.92 Å². The molecule has 0 saturated carbocycles. The number of carbonyl (C=O) groups excluding carboxylic acids is 4. The van der Waals surface area contributed by atoms with Gasteiger partial charge in [-0.3, -0.25) is 0 Å². The molecule has 0 spiro atoms. The Hall–Kier alpha value is -3.77. The van der Waals surface area contributed by atoms with Gasteiger partial charge in [0.1, 0.15) is 6.61 Å². The summed E-state index contributed by atoms with van der Waals surface area (Å²) in [5, 5.41) is 13.0. The molecule has 0 bridgehead atoms. The molecule has 0 rings (SSSR count). The standard InChI is InChI=1S/C24H42N2O9.C4H6O2/c1-4-13-25-22(28)32-15-9-5-7-11-17-34-24(30)35-18-12-8-6-10-16-33-23(29)26-14-19-31-21(27)20(2)3;1-3(2)4(5)6/h2,4-19H2,1,3H3,(H,25,28)(H,26,29);1H2,2H3,(H,5,6). The monoisotopic (exact) mass is 588 g/mol. The van der Waals surface area contributed by atoms with Crippen LogP contribution in [0.4, 0.5) is 14.4 Å². The zero-order valence-corrected chi connectivity index (χ0v) is 24.8. The quantitative estimate of drug-likeness (QED) is 0.0720. The van der Waals surface area contributed by atoms with E-state index in [1.54, 1.807) is 6.92 Å². The molecule has 0 aromatic carbocycles. The van der Waals surface area contributed by atoms with Gasteiger partial charge in [-0.15, -0.1) is 0 Å². The minimum Gasteiger partial charge on any atom is -0.478 e. The summed E-state index contributed by atoms with van der Waals surface area (Å²) in [5.74, 6) is -1.43. The van der Waals surface area contributed by atoms with Gasteiger partial charge in [-0.25, -0.2) is 24.0 Å². The molecule has 2 amide bonds. The number of esters is 1. The van der Waals surface area contributed by atoms with Crippen molar-refractivity contribution in [1.82, 2.24) is 10.6 Å². The first-order valence-electron chi connectivity index (χ1n) is 13.8. The van der Waals surface area contributed by atoms with Crippen molar-refractivity contribution in [2.24, 2.45) is 0 Å². The Labute approximate surface area is 242 Å². The van der Waals surface area contributed by atoms with Crippen LogP contribution in [-0.2, 0) is 33.3 Å². The lowest BCUT2D eigenvalue weighted by molar-refractivity contribution is -0.138. The Kier molecular flexibility index (Phi) is 26.7. The zero-order chi connectivity index (χ0) is 31.3. The summed E-state index contributed by atoms with van der Waals surface area (Å²) < 4.78 is 24.9. The molecule has 41 heavy (non-hydrogen) atoms. The van der Waals surface area contributed by atoms with E-state index in [9.17, 15) is 24.0 Å². The van der Waals surface area contributed by atoms with Crippen molar-refractivity contribution in [1.29, 1.82) is 0 Å². The Morgan fingerprint density at radius 1 is 0.585 bits per heavy atom. The first-order chi connectivity index (χ1) is 19.5. The van der Waals surface area contributed by atoms with Crippen LogP contribution >= 0.6 is 0 Å². The van der Waals surface area contributed by atoms with E-state index in [2.05, 4.69) is 23.8 Å². The topological polar surface area (TPSA) is 176 Å². The molecule has 0 atom stereocenters. The maximum Gasteiger partial charge on any atom is 0.508 e. The van der Waals surface area contributed by atoms with E-state index < -0.39 is 24.2 Å². The number of carbonyl (C=O) groups is 5. The second-order valence-corrected chi connectivity index (χ2v) is 8.90. The summed E-state index contributed by atoms with van der Waals surface area (Å²) in [6, 6.07) is 0. The minimum atomic E-state index is -0.935. The van der Waals surface area contributed by atoms with Crippen molar-refractivity contribution in [3.8, 4) is 0 Å². The van der Waals surface area contributed by atoms with Crippen molar-refractivity contribution in [3.63, 3.8) is 0 Å². The second-order valence-electron chi connectivity index (χ2n) is 8.90. The highest BCUT2D eigenvalue weighted by atomic mass is 16.7. The molecule has 0 saturated heterocycles. The average Bonchev–Trinajstić information content (AvgIpc) is 2.92. The number of rotatable bonds is 21. The highest BCUT2D eigenvalue weighted by Crippen LogP contribution is 2.04. The molecule has 0 aromatic heterocycles. The van der Waals surface area contributed by atoms with Crippen molar-refractivity contribution in [3.05, 3.63) is 24.3 Å². The third kappa shape index (κ3) is 30.6. The van der Waals surface area contributed by atoms with E-state index >= 15 is 0 Å². The van der Waals surface area contributed by atoms with Crippen LogP contribution in [0, 0.1) is 0 Å². The molecule has 0 heterocycles. The molecule has 13 heteroatoms. The number of aliphatic carboxylic acids is 1. The molecular formula is C28H48N2O11. The largest absolute Gasteiger partial charge is 0.508 e. The van der Waals surface area contributed by atoms with Crippen LogP contribution in [0.5, 0.6) is 0 Å². The van der Waals surface area contributed by atoms with E-state index in [0.717, 1.165) is 44.9 Å². The molecule has 13 nitrogen and oxygen atoms in total. The van der Waals surface area contributed by atoms with Gasteiger partial charge in [0.05, 0.1) is 33.0 Å². The summed E-state index contributed by atoms with van der Waals surface area (Å²) in [5.41, 5.74) is 0.477. The predicted octanol–water partition coefficient (Wildman–Crippen LogP) is 4.89. The van der Waals surface area contributed by atoms with Gasteiger partial charge in [0.15, 0.2) is 0 Å². The van der Waals surface area contributed by atoms with Gasteiger partial charge in [-0.1, -0.05) is 20.1 Å². The highest BCUT2D eigenvalue weighted by Gasteiger charge is 2.06. The highest BCUT2D eigenvalue weighted by molar-refractivity contribution is 5.87. The van der Waals surface area contributed by atoms with Crippen LogP contribution in [0.15, 0.2) is 24.3 Å². The number of alkyl carbamates (subject to hydrolysis) is 2. The van der Waals surface area contributed by atoms with Crippen molar-refractivity contribution in [2.45, 2.75) is 78.6 Å². The van der Waals surface area contributed by atoms with Crippen LogP contribution in [0.25, 0.3) is 0 Å². The van der Waals surface area contributed by atoms with Gasteiger partial charge in [-0.05, 0) is 71.6 Å². The van der Waals surface area contributed by atoms with Crippen LogP contribution in [-0.4, -0.2) is 81.5 Å². The van der Waals surface area contributed by atoms with Gasteiger partial charge in [0.2, 0.25) is 0 Å². The normalized spacial score (nSPS) is 9.73. The minimum absolute atomic E-state index is 0.0547. The molecule has 236 valence electrons. The average molecular weight is 589 g/mol. The van der Waals surface area contributed by atoms with E-state index in [1.807, 2.05) is 6.92 Å². The lowest BCUT2D eigenvalue weighted by Gasteiger charge is -2.08. The molecule has 0 unspecified atom stereocenters. The predicted molar refractivity (Wildman–Crippen MR) is 151 cm³/mol. The molecule has 3 N–H and O–H groups in total. The van der Waals surface area contributed by atoms with E-state index in [0.29, 0.717) is 38.2 Å². The number of nitrogens with one attached hydrogen (secondary N) is 2. The number of carboxylic acids is 1. The summed E-state index contributed by atoms with van der Waals surface area (Å²) in [4.78, 5) is 55.0. The molecule has 0 aliphatic carbocycles. The van der Waals surface area contributed by atoms with Crippen LogP contribution in [0.3, 0.4) is 0 Å². The summed E-state index contributed by atoms with van der Waals surface area (Å²) in [7, 11) is 0. The summed E-state index contributed by atoms with van der Waals surface area (Å²) in [6.45, 7) is 13.6. The van der Waals surface area contributed by atoms with Gasteiger partial charge >= 0.3 is 30.3 Å². The Morgan fingerprint density at radius 2 is 0.976 bits per heavy atom. The van der Waals surface area contributed by atoms with Gasteiger partial charge in [-0.2, -0.15) is 0 Å². The van der Waals surface area contributed by atoms with Crippen LogP contribution in [0.2, 0.25) is 0 Å². The smallest absolute Gasteiger partial charge is 0.478 e. The number of ether oxygens (including phenoxy) is 5. The fraction of sp³-hybridized carbons (Fsp3) is 0.679. The van der Waals surface area contributed by atoms with Gasteiger partial charge < -0.3 is 39.4 Å². The Balaban J connectivity index is 0. The molecule has 0 radical (unpaired) electrons. The van der Waals surface area contributed by atoms with Crippen LogP contribution in [0.1, 0.15) is 78.6 Å². The summed E-state index contributed by atoms with van der Waals surface area (Å²) >= 11 is 0. The summed E-state index contributed by atoms with van der Waals surface area (Å²) in [6.07, 6.45) is 5.54. The first-order valence-corrected chi connectivity index (χ1v) is 13.8. The van der Waals surface area contributed by atoms with Gasteiger partial charge in [0, 0.05) is 17.7 Å². The van der Waals surface area contributed by atoms with Gasteiger partial charge in [0.25, 0.3) is 0 Å². The lowest BCUT2D eigenvalue weighted by atomic mass is 10.2. The fourth-order valence-corrected chi connectivity index (χ4v) is 2.55. The third-order valence-electron chi connectivity index (χ3n) is 4.82. The zero-order valence-electron chi connectivity index (χ0n) is 24.8. The third-order valence-corrected chi connectivity index (χ3v) is 4.82. The molecule has 0 fully saturated rings. The lowest BCUT2D eigenvalue weighted by Crippen LogP contribution is -2.29. The maximum atomic E-state index is 11.5. The van der Waals surface area contributed by atoms with Crippen molar-refractivity contribution in [2.75, 3.05) is 46.1 Å². The number of carboxylic acid groups (broad SMARTS) is 1. The Morgan fingerprint density at radius 3 is 1.34 bits per heavy atom. The van der Waals surface area contributed by atoms with E-state index in [-0.39, 0.29) is 38.0 Å². The Bertz CT molecular complexity index is 788. The van der Waals surface area contributed by atoms with Crippen molar-refractivity contribution < 1.29 is 52.8 Å². The van der Waals surface area contributed by atoms with Crippen LogP contribution < -0.4 is 10.6 Å². The first kappa shape index (κ1) is 39.4. The number of unbranched alkanes of at least 4 members (excludes halogenated alkanes) is 6. The molecule has 0 aromatic rings. The number of hydrogen-bond donors (Lipinski definition) is 3.